The van der Waals surface area contributed by atoms with Crippen molar-refractivity contribution in [3.8, 4) is 0 Å². The van der Waals surface area contributed by atoms with Gasteiger partial charge in [-0.05, 0) is 19.3 Å². The molecule has 1 N–H and O–H groups in total. The molecule has 1 atom stereocenters. The maximum atomic E-state index is 12.7. The summed E-state index contributed by atoms with van der Waals surface area (Å²) in [5, 5.41) is 2.43. The Balaban J connectivity index is 2.63. The zero-order valence-electron chi connectivity index (χ0n) is 10.1. The Morgan fingerprint density at radius 1 is 1.47 bits per heavy atom. The molecule has 1 saturated carbocycles. The molecule has 100 valence electrons. The van der Waals surface area contributed by atoms with Gasteiger partial charge in [-0.3, -0.25) is 10.1 Å². The van der Waals surface area contributed by atoms with Gasteiger partial charge in [-0.2, -0.15) is 13.2 Å². The fourth-order valence-corrected chi connectivity index (χ4v) is 1.77. The molecule has 0 saturated heterocycles. The highest BCUT2D eigenvalue weighted by atomic mass is 19.4. The molecule has 0 amide bonds. The van der Waals surface area contributed by atoms with Crippen LogP contribution >= 0.6 is 0 Å². The first-order valence-electron chi connectivity index (χ1n) is 5.78. The number of nitrogens with one attached hydrogen (secondary N) is 1. The van der Waals surface area contributed by atoms with Crippen LogP contribution < -0.4 is 5.32 Å². The smallest absolute Gasteiger partial charge is 0.406 e. The Kier molecular flexibility index (Phi) is 4.41. The van der Waals surface area contributed by atoms with Crippen LogP contribution in [0, 0.1) is 0 Å². The Hall–Kier alpha value is -0.780. The first-order chi connectivity index (χ1) is 7.86. The highest BCUT2D eigenvalue weighted by Gasteiger charge is 2.64. The summed E-state index contributed by atoms with van der Waals surface area (Å²) in [7, 11) is 1.19. The summed E-state index contributed by atoms with van der Waals surface area (Å²) >= 11 is 0. The molecule has 0 aromatic rings. The lowest BCUT2D eigenvalue weighted by atomic mass is 10.1. The standard InChI is InChI=1S/C11H18F3NO2/c1-3-4-5-8(9(16)17-2)15-10(6-7-10)11(12,13)14/h8,15H,3-7H2,1-2H3. The van der Waals surface area contributed by atoms with Crippen LogP contribution in [0.25, 0.3) is 0 Å². The molecule has 6 heteroatoms. The lowest BCUT2D eigenvalue weighted by Gasteiger charge is -2.25. The lowest BCUT2D eigenvalue weighted by molar-refractivity contribution is -0.171. The number of carbonyl (C=O) groups excluding carboxylic acids is 1. The third kappa shape index (κ3) is 3.34. The number of hydrogen-bond acceptors (Lipinski definition) is 3. The van der Waals surface area contributed by atoms with Crippen LogP contribution in [0.5, 0.6) is 0 Å². The van der Waals surface area contributed by atoms with E-state index in [4.69, 9.17) is 0 Å². The van der Waals surface area contributed by atoms with Crippen LogP contribution in [0.1, 0.15) is 39.0 Å². The van der Waals surface area contributed by atoms with Gasteiger partial charge in [0.1, 0.15) is 11.6 Å². The largest absolute Gasteiger partial charge is 0.468 e. The number of unbranched alkanes of at least 4 members (excludes halogenated alkanes) is 1. The highest BCUT2D eigenvalue weighted by Crippen LogP contribution is 2.49. The van der Waals surface area contributed by atoms with E-state index < -0.39 is 23.7 Å². The Morgan fingerprint density at radius 2 is 2.06 bits per heavy atom. The molecule has 1 rings (SSSR count). The number of alkyl halides is 3. The van der Waals surface area contributed by atoms with E-state index >= 15 is 0 Å². The van der Waals surface area contributed by atoms with Gasteiger partial charge in [-0.25, -0.2) is 0 Å². The Morgan fingerprint density at radius 3 is 2.41 bits per heavy atom. The number of methoxy groups -OCH3 is 1. The molecule has 0 radical (unpaired) electrons. The normalized spacial score (nSPS) is 19.8. The fourth-order valence-electron chi connectivity index (χ4n) is 1.77. The first-order valence-corrected chi connectivity index (χ1v) is 5.78. The van der Waals surface area contributed by atoms with Gasteiger partial charge >= 0.3 is 12.1 Å². The Labute approximate surface area is 98.7 Å². The van der Waals surface area contributed by atoms with Crippen molar-refractivity contribution in [1.82, 2.24) is 5.32 Å². The monoisotopic (exact) mass is 253 g/mol. The predicted molar refractivity (Wildman–Crippen MR) is 56.5 cm³/mol. The summed E-state index contributed by atoms with van der Waals surface area (Å²) in [6.07, 6.45) is -2.33. The maximum absolute atomic E-state index is 12.7. The summed E-state index contributed by atoms with van der Waals surface area (Å²) in [6, 6.07) is -0.857. The second-order valence-corrected chi connectivity index (χ2v) is 4.44. The minimum atomic E-state index is -4.30. The summed E-state index contributed by atoms with van der Waals surface area (Å²) < 4.78 is 42.7. The van der Waals surface area contributed by atoms with Crippen LogP contribution in [0.2, 0.25) is 0 Å². The van der Waals surface area contributed by atoms with E-state index in [0.29, 0.717) is 12.8 Å². The molecule has 0 heterocycles. The molecule has 1 fully saturated rings. The minimum Gasteiger partial charge on any atom is -0.468 e. The van der Waals surface area contributed by atoms with Gasteiger partial charge in [0.05, 0.1) is 7.11 Å². The van der Waals surface area contributed by atoms with E-state index in [1.54, 1.807) is 0 Å². The molecular weight excluding hydrogens is 235 g/mol. The van der Waals surface area contributed by atoms with Crippen molar-refractivity contribution >= 4 is 5.97 Å². The zero-order chi connectivity index (χ0) is 13.1. The Bertz CT molecular complexity index is 274. The van der Waals surface area contributed by atoms with Crippen molar-refractivity contribution in [1.29, 1.82) is 0 Å². The topological polar surface area (TPSA) is 38.3 Å². The van der Waals surface area contributed by atoms with Crippen molar-refractivity contribution in [2.75, 3.05) is 7.11 Å². The van der Waals surface area contributed by atoms with E-state index in [1.807, 2.05) is 6.92 Å². The molecule has 1 aliphatic carbocycles. The van der Waals surface area contributed by atoms with Gasteiger partial charge in [0.2, 0.25) is 0 Å². The summed E-state index contributed by atoms with van der Waals surface area (Å²) in [5.41, 5.74) is -1.86. The van der Waals surface area contributed by atoms with Crippen molar-refractivity contribution in [3.63, 3.8) is 0 Å². The zero-order valence-corrected chi connectivity index (χ0v) is 10.1. The summed E-state index contributed by atoms with van der Waals surface area (Å²) in [5.74, 6) is -0.617. The third-order valence-electron chi connectivity index (χ3n) is 3.08. The predicted octanol–water partition coefficient (Wildman–Crippen LogP) is 2.40. The maximum Gasteiger partial charge on any atom is 0.406 e. The average Bonchev–Trinajstić information content (AvgIpc) is 3.03. The summed E-state index contributed by atoms with van der Waals surface area (Å²) in [4.78, 5) is 11.4. The minimum absolute atomic E-state index is 0.0378. The van der Waals surface area contributed by atoms with Gasteiger partial charge in [0, 0.05) is 0 Å². The SMILES string of the molecule is CCCCC(NC1(C(F)(F)F)CC1)C(=O)OC. The van der Waals surface area contributed by atoms with E-state index in [2.05, 4.69) is 10.1 Å². The number of hydrogen-bond donors (Lipinski definition) is 1. The van der Waals surface area contributed by atoms with Crippen LogP contribution in [-0.2, 0) is 9.53 Å². The van der Waals surface area contributed by atoms with Crippen molar-refractivity contribution in [2.24, 2.45) is 0 Å². The van der Waals surface area contributed by atoms with Crippen LogP contribution in [-0.4, -0.2) is 30.8 Å². The quantitative estimate of drug-likeness (QED) is 0.739. The van der Waals surface area contributed by atoms with Gasteiger partial charge in [0.15, 0.2) is 0 Å². The molecule has 0 spiro atoms. The lowest BCUT2D eigenvalue weighted by Crippen LogP contribution is -2.52. The number of carbonyl (C=O) groups is 1. The third-order valence-corrected chi connectivity index (χ3v) is 3.08. The molecule has 1 unspecified atom stereocenters. The number of rotatable bonds is 6. The van der Waals surface area contributed by atoms with Crippen LogP contribution in [0.3, 0.4) is 0 Å². The molecule has 1 aliphatic rings. The summed E-state index contributed by atoms with van der Waals surface area (Å²) in [6.45, 7) is 1.92. The van der Waals surface area contributed by atoms with Crippen molar-refractivity contribution in [3.05, 3.63) is 0 Å². The van der Waals surface area contributed by atoms with Gasteiger partial charge < -0.3 is 4.74 Å². The second kappa shape index (κ2) is 5.25. The molecule has 0 aromatic heterocycles. The molecule has 3 nitrogen and oxygen atoms in total. The number of ether oxygens (including phenoxy) is 1. The fraction of sp³-hybridized carbons (Fsp3) is 0.909. The van der Waals surface area contributed by atoms with E-state index in [-0.39, 0.29) is 12.8 Å². The molecular formula is C11H18F3NO2. The van der Waals surface area contributed by atoms with Crippen LogP contribution in [0.15, 0.2) is 0 Å². The second-order valence-electron chi connectivity index (χ2n) is 4.44. The number of esters is 1. The van der Waals surface area contributed by atoms with E-state index in [1.165, 1.54) is 7.11 Å². The highest BCUT2D eigenvalue weighted by molar-refractivity contribution is 5.75. The van der Waals surface area contributed by atoms with E-state index in [9.17, 15) is 18.0 Å². The van der Waals surface area contributed by atoms with Gasteiger partial charge in [-0.15, -0.1) is 0 Å². The molecule has 0 aromatic carbocycles. The van der Waals surface area contributed by atoms with Gasteiger partial charge in [0.25, 0.3) is 0 Å². The van der Waals surface area contributed by atoms with E-state index in [0.717, 1.165) is 6.42 Å². The van der Waals surface area contributed by atoms with Gasteiger partial charge in [-0.1, -0.05) is 19.8 Å². The average molecular weight is 253 g/mol. The van der Waals surface area contributed by atoms with Crippen LogP contribution in [0.4, 0.5) is 13.2 Å². The number of halogens is 3. The molecule has 0 bridgehead atoms. The van der Waals surface area contributed by atoms with Crippen molar-refractivity contribution in [2.45, 2.75) is 56.8 Å². The first kappa shape index (κ1) is 14.3. The molecule has 17 heavy (non-hydrogen) atoms. The molecule has 0 aliphatic heterocycles. The van der Waals surface area contributed by atoms with Crippen molar-refractivity contribution < 1.29 is 22.7 Å².